The molecule has 518 valence electrons. The molecule has 0 aliphatic carbocycles. The second-order valence-corrected chi connectivity index (χ2v) is 28.6. The highest BCUT2D eigenvalue weighted by Gasteiger charge is 2.30. The van der Waals surface area contributed by atoms with Crippen molar-refractivity contribution >= 4 is 39.5 Å². The quantitative estimate of drug-likeness (QED) is 0.0169. The predicted molar refractivity (Wildman–Crippen MR) is 354 cm³/mol. The summed E-state index contributed by atoms with van der Waals surface area (Å²) >= 11 is 0. The van der Waals surface area contributed by atoms with E-state index in [1.54, 1.807) is 0 Å². The Bertz CT molecular complexity index is 1830. The summed E-state index contributed by atoms with van der Waals surface area (Å²) in [4.78, 5) is 72.4. The summed E-state index contributed by atoms with van der Waals surface area (Å²) in [6.07, 6.45) is 45.5. The first-order valence-electron chi connectivity index (χ1n) is 35.2. The molecule has 3 N–H and O–H groups in total. The van der Waals surface area contributed by atoms with Gasteiger partial charge in [-0.05, 0) is 69.1 Å². The summed E-state index contributed by atoms with van der Waals surface area (Å²) in [6.45, 7) is 11.6. The smallest absolute Gasteiger partial charge is 0.462 e. The normalized spacial score (nSPS) is 14.4. The Balaban J connectivity index is 5.27. The number of ether oxygens (including phenoxy) is 4. The van der Waals surface area contributed by atoms with Crippen LogP contribution in [-0.2, 0) is 65.4 Å². The topological polar surface area (TPSA) is 237 Å². The first-order chi connectivity index (χ1) is 42.2. The Morgan fingerprint density at radius 2 is 0.614 bits per heavy atom. The number of hydrogen-bond acceptors (Lipinski definition) is 15. The molecule has 0 heterocycles. The molecular weight excluding hydrogens is 1160 g/mol. The van der Waals surface area contributed by atoms with Gasteiger partial charge in [0.1, 0.15) is 19.3 Å². The van der Waals surface area contributed by atoms with E-state index in [2.05, 4.69) is 72.8 Å². The van der Waals surface area contributed by atoms with Crippen LogP contribution in [0.4, 0.5) is 0 Å². The molecule has 0 spiro atoms. The van der Waals surface area contributed by atoms with E-state index in [9.17, 15) is 43.2 Å². The lowest BCUT2D eigenvalue weighted by atomic mass is 10.0. The summed E-state index contributed by atoms with van der Waals surface area (Å²) in [5.74, 6) is -0.0188. The van der Waals surface area contributed by atoms with Gasteiger partial charge in [-0.3, -0.25) is 37.3 Å². The molecule has 0 amide bonds. The van der Waals surface area contributed by atoms with Crippen LogP contribution in [0, 0.1) is 17.8 Å². The number of phosphoric acid groups is 2. The van der Waals surface area contributed by atoms with E-state index in [-0.39, 0.29) is 25.7 Å². The predicted octanol–water partition coefficient (Wildman–Crippen LogP) is 19.0. The van der Waals surface area contributed by atoms with Crippen LogP contribution in [-0.4, -0.2) is 96.7 Å². The van der Waals surface area contributed by atoms with Crippen molar-refractivity contribution < 1.29 is 80.2 Å². The van der Waals surface area contributed by atoms with Crippen molar-refractivity contribution in [2.24, 2.45) is 17.8 Å². The van der Waals surface area contributed by atoms with E-state index in [1.165, 1.54) is 103 Å². The van der Waals surface area contributed by atoms with Crippen LogP contribution in [0.5, 0.6) is 0 Å². The Morgan fingerprint density at radius 3 is 0.920 bits per heavy atom. The maximum atomic E-state index is 13.0. The number of unbranched alkanes of at least 4 members (excludes halogenated alkanes) is 30. The molecule has 0 aromatic heterocycles. The number of carbonyl (C=O) groups is 4. The fraction of sp³-hybridized carbons (Fsp3) is 0.884. The lowest BCUT2D eigenvalue weighted by Gasteiger charge is -2.21. The largest absolute Gasteiger partial charge is 0.472 e. The molecule has 0 aliphatic heterocycles. The maximum Gasteiger partial charge on any atom is 0.472 e. The minimum Gasteiger partial charge on any atom is -0.462 e. The maximum absolute atomic E-state index is 13.0. The van der Waals surface area contributed by atoms with Gasteiger partial charge < -0.3 is 33.8 Å². The van der Waals surface area contributed by atoms with E-state index in [4.69, 9.17) is 37.0 Å². The molecule has 0 aliphatic rings. The summed E-state index contributed by atoms with van der Waals surface area (Å²) in [5, 5.41) is 10.6. The molecule has 0 radical (unpaired) electrons. The van der Waals surface area contributed by atoms with Gasteiger partial charge in [-0.25, -0.2) is 9.13 Å². The van der Waals surface area contributed by atoms with Gasteiger partial charge in [0.05, 0.1) is 26.4 Å². The van der Waals surface area contributed by atoms with Crippen LogP contribution in [0.2, 0.25) is 0 Å². The van der Waals surface area contributed by atoms with Gasteiger partial charge in [0.15, 0.2) is 12.2 Å². The van der Waals surface area contributed by atoms with Crippen molar-refractivity contribution in [3.63, 3.8) is 0 Å². The lowest BCUT2D eigenvalue weighted by molar-refractivity contribution is -0.161. The van der Waals surface area contributed by atoms with Crippen LogP contribution in [0.15, 0.2) is 24.3 Å². The number of hydrogen-bond donors (Lipinski definition) is 3. The van der Waals surface area contributed by atoms with E-state index in [0.717, 1.165) is 121 Å². The molecule has 88 heavy (non-hydrogen) atoms. The summed E-state index contributed by atoms with van der Waals surface area (Å²) < 4.78 is 68.1. The van der Waals surface area contributed by atoms with Crippen LogP contribution in [0.1, 0.15) is 318 Å². The molecule has 3 unspecified atom stereocenters. The first kappa shape index (κ1) is 85.5. The van der Waals surface area contributed by atoms with Crippen molar-refractivity contribution in [3.05, 3.63) is 24.3 Å². The Kier molecular flexibility index (Phi) is 57.9. The van der Waals surface area contributed by atoms with Gasteiger partial charge in [-0.2, -0.15) is 0 Å². The van der Waals surface area contributed by atoms with Gasteiger partial charge in [0.25, 0.3) is 0 Å². The zero-order valence-electron chi connectivity index (χ0n) is 56.7. The van der Waals surface area contributed by atoms with Crippen molar-refractivity contribution in [2.75, 3.05) is 39.6 Å². The Morgan fingerprint density at radius 1 is 0.352 bits per heavy atom. The van der Waals surface area contributed by atoms with E-state index in [1.807, 2.05) is 0 Å². The average molecular weight is 1290 g/mol. The van der Waals surface area contributed by atoms with Gasteiger partial charge in [-0.1, -0.05) is 265 Å². The SMILES string of the molecule is CCCCCC/C=C\C=C/CCCCCCCC(=O)O[C@H](COC(=O)CCCCCCCCC(C)C)COP(=O)(O)OCC(O)COP(=O)(O)OC[C@@H](COC(=O)CCCCCCCCCC(C)C)OC(=O)CCCCCCCCCCCCCC(C)C. The molecule has 0 rings (SSSR count). The third-order valence-electron chi connectivity index (χ3n) is 15.3. The van der Waals surface area contributed by atoms with Crippen molar-refractivity contribution in [1.29, 1.82) is 0 Å². The average Bonchev–Trinajstić information content (AvgIpc) is 3.48. The highest BCUT2D eigenvalue weighted by atomic mass is 31.2. The second-order valence-electron chi connectivity index (χ2n) is 25.7. The van der Waals surface area contributed by atoms with Gasteiger partial charge in [0, 0.05) is 25.7 Å². The lowest BCUT2D eigenvalue weighted by Crippen LogP contribution is -2.30. The molecule has 0 fully saturated rings. The number of esters is 4. The molecule has 0 saturated carbocycles. The highest BCUT2D eigenvalue weighted by molar-refractivity contribution is 7.47. The van der Waals surface area contributed by atoms with Gasteiger partial charge in [-0.15, -0.1) is 0 Å². The molecule has 0 aromatic rings. The van der Waals surface area contributed by atoms with Gasteiger partial charge in [0.2, 0.25) is 0 Å². The summed E-state index contributed by atoms with van der Waals surface area (Å²) in [6, 6.07) is 0. The third-order valence-corrected chi connectivity index (χ3v) is 17.2. The number of rotatable bonds is 65. The Hall–Kier alpha value is -2.46. The molecular formula is C69H130O17P2. The van der Waals surface area contributed by atoms with Gasteiger partial charge >= 0.3 is 39.5 Å². The number of aliphatic hydroxyl groups is 1. The van der Waals surface area contributed by atoms with Crippen molar-refractivity contribution in [2.45, 2.75) is 336 Å². The fourth-order valence-corrected chi connectivity index (χ4v) is 11.4. The molecule has 17 nitrogen and oxygen atoms in total. The van der Waals surface area contributed by atoms with Crippen LogP contribution < -0.4 is 0 Å². The molecule has 0 saturated heterocycles. The van der Waals surface area contributed by atoms with Crippen LogP contribution in [0.25, 0.3) is 0 Å². The molecule has 0 bridgehead atoms. The van der Waals surface area contributed by atoms with E-state index < -0.39 is 97.5 Å². The second kappa shape index (κ2) is 59.5. The van der Waals surface area contributed by atoms with E-state index >= 15 is 0 Å². The number of aliphatic hydroxyl groups excluding tert-OH is 1. The first-order valence-corrected chi connectivity index (χ1v) is 38.2. The highest BCUT2D eigenvalue weighted by Crippen LogP contribution is 2.45. The molecule has 5 atom stereocenters. The van der Waals surface area contributed by atoms with E-state index in [0.29, 0.717) is 37.5 Å². The number of carbonyl (C=O) groups excluding carboxylic acids is 4. The van der Waals surface area contributed by atoms with Crippen molar-refractivity contribution in [3.8, 4) is 0 Å². The third kappa shape index (κ3) is 62.4. The minimum atomic E-state index is -4.96. The zero-order chi connectivity index (χ0) is 65.2. The summed E-state index contributed by atoms with van der Waals surface area (Å²) in [5.41, 5.74) is 0. The Labute approximate surface area is 535 Å². The van der Waals surface area contributed by atoms with Crippen LogP contribution >= 0.6 is 15.6 Å². The zero-order valence-corrected chi connectivity index (χ0v) is 58.5. The summed E-state index contributed by atoms with van der Waals surface area (Å²) in [7, 11) is -9.91. The monoisotopic (exact) mass is 1290 g/mol. The number of phosphoric ester groups is 2. The minimum absolute atomic E-state index is 0.0834. The fourth-order valence-electron chi connectivity index (χ4n) is 9.82. The standard InChI is InChI=1S/C69H130O17P2/c1-8-9-10-11-12-13-14-15-16-17-20-23-28-38-45-52-68(73)86-65(57-80-67(72)51-44-37-32-31-35-42-49-62(6)7)59-84-88(77,78)82-55-63(70)54-81-87(75,76)83-58-64(56-79-66(71)50-43-36-30-25-27-34-41-48-61(4)5)85-69(74)53-46-39-29-24-21-18-19-22-26-33-40-47-60(2)3/h13-16,60-65,70H,8-12,17-59H2,1-7H3,(H,75,76)(H,77,78)/b14-13-,16-15-/t63?,64-,65-/m1/s1. The molecule has 0 aromatic carbocycles. The number of allylic oxidation sites excluding steroid dienone is 4. The molecule has 19 heteroatoms. The van der Waals surface area contributed by atoms with Crippen molar-refractivity contribution in [1.82, 2.24) is 0 Å². The van der Waals surface area contributed by atoms with Crippen LogP contribution in [0.3, 0.4) is 0 Å².